The first-order valence-electron chi connectivity index (χ1n) is 5.43. The lowest BCUT2D eigenvalue weighted by atomic mass is 10.3. The van der Waals surface area contributed by atoms with Gasteiger partial charge in [0.25, 0.3) is 10.0 Å². The van der Waals surface area contributed by atoms with Crippen LogP contribution in [0.25, 0.3) is 0 Å². The monoisotopic (exact) mass is 454 g/mol. The minimum absolute atomic E-state index is 0.0313. The molecule has 0 amide bonds. The van der Waals surface area contributed by atoms with Crippen molar-refractivity contribution in [3.05, 3.63) is 44.4 Å². The van der Waals surface area contributed by atoms with Gasteiger partial charge in [-0.15, -0.1) is 0 Å². The minimum atomic E-state index is -3.89. The van der Waals surface area contributed by atoms with Crippen molar-refractivity contribution >= 4 is 65.0 Å². The van der Waals surface area contributed by atoms with Crippen LogP contribution in [0, 0.1) is 0 Å². The quantitative estimate of drug-likeness (QED) is 0.484. The summed E-state index contributed by atoms with van der Waals surface area (Å²) in [5.41, 5.74) is 2.56. The maximum absolute atomic E-state index is 12.5. The first-order valence-corrected chi connectivity index (χ1v) is 8.88. The molecular weight excluding hydrogens is 447 g/mol. The molecule has 0 atom stereocenters. The molecule has 10 heteroatoms. The molecule has 0 fully saturated rings. The van der Waals surface area contributed by atoms with E-state index < -0.39 is 10.0 Å². The van der Waals surface area contributed by atoms with Crippen LogP contribution in [0.15, 0.2) is 44.3 Å². The van der Waals surface area contributed by atoms with E-state index in [0.29, 0.717) is 19.7 Å². The summed E-state index contributed by atoms with van der Waals surface area (Å²) in [6, 6.07) is 6.16. The molecule has 1 aromatic heterocycles. The van der Waals surface area contributed by atoms with Crippen LogP contribution in [-0.2, 0) is 10.0 Å². The Morgan fingerprint density at radius 1 is 1.24 bits per heavy atom. The van der Waals surface area contributed by atoms with E-state index in [1.54, 1.807) is 12.1 Å². The Labute approximate surface area is 143 Å². The summed E-state index contributed by atoms with van der Waals surface area (Å²) in [5.74, 6) is 5.33. The summed E-state index contributed by atoms with van der Waals surface area (Å²) in [4.78, 5) is 3.81. The third-order valence-electron chi connectivity index (χ3n) is 2.42. The van der Waals surface area contributed by atoms with Gasteiger partial charge in [0, 0.05) is 20.2 Å². The summed E-state index contributed by atoms with van der Waals surface area (Å²) in [7, 11) is -3.89. The number of anilines is 2. The van der Waals surface area contributed by atoms with E-state index in [1.807, 2.05) is 0 Å². The molecule has 2 aromatic rings. The molecule has 21 heavy (non-hydrogen) atoms. The van der Waals surface area contributed by atoms with Gasteiger partial charge < -0.3 is 5.43 Å². The van der Waals surface area contributed by atoms with Crippen molar-refractivity contribution < 1.29 is 8.42 Å². The number of nitrogens with zero attached hydrogens (tertiary/aromatic N) is 1. The van der Waals surface area contributed by atoms with E-state index in [4.69, 9.17) is 17.4 Å². The van der Waals surface area contributed by atoms with Gasteiger partial charge in [0.05, 0.1) is 5.69 Å². The van der Waals surface area contributed by atoms with Crippen LogP contribution in [0.3, 0.4) is 0 Å². The van der Waals surface area contributed by atoms with E-state index >= 15 is 0 Å². The number of nitrogens with two attached hydrogens (primary N) is 1. The number of pyridine rings is 1. The molecule has 0 radical (unpaired) electrons. The zero-order chi connectivity index (χ0) is 15.6. The van der Waals surface area contributed by atoms with Gasteiger partial charge >= 0.3 is 0 Å². The van der Waals surface area contributed by atoms with Gasteiger partial charge in [-0.2, -0.15) is 0 Å². The Morgan fingerprint density at radius 2 is 1.95 bits per heavy atom. The molecule has 112 valence electrons. The molecule has 0 aliphatic heterocycles. The third kappa shape index (κ3) is 3.86. The fourth-order valence-corrected chi connectivity index (χ4v) is 3.86. The van der Waals surface area contributed by atoms with Crippen LogP contribution in [0.5, 0.6) is 0 Å². The number of nitrogen functional groups attached to an aromatic ring is 1. The number of hydrogen-bond donors (Lipinski definition) is 3. The van der Waals surface area contributed by atoms with Gasteiger partial charge in [0.15, 0.2) is 5.82 Å². The number of sulfonamides is 1. The minimum Gasteiger partial charge on any atom is -0.307 e. The van der Waals surface area contributed by atoms with Crippen molar-refractivity contribution in [2.24, 2.45) is 5.84 Å². The highest BCUT2D eigenvalue weighted by atomic mass is 79.9. The SMILES string of the molecule is NNc1ncc(Br)cc1S(=O)(=O)Nc1cc(Cl)ccc1Br. The zero-order valence-electron chi connectivity index (χ0n) is 10.3. The van der Waals surface area contributed by atoms with Gasteiger partial charge in [0.1, 0.15) is 4.90 Å². The van der Waals surface area contributed by atoms with Crippen LogP contribution in [-0.4, -0.2) is 13.4 Å². The Kier molecular flexibility index (Phi) is 5.10. The molecule has 2 rings (SSSR count). The summed E-state index contributed by atoms with van der Waals surface area (Å²) in [6.45, 7) is 0. The van der Waals surface area contributed by atoms with Crippen molar-refractivity contribution in [1.82, 2.24) is 4.98 Å². The first kappa shape index (κ1) is 16.5. The maximum Gasteiger partial charge on any atom is 0.265 e. The van der Waals surface area contributed by atoms with Crippen LogP contribution in [0.2, 0.25) is 5.02 Å². The molecule has 0 saturated carbocycles. The number of hydrogen-bond acceptors (Lipinski definition) is 5. The topological polar surface area (TPSA) is 97.1 Å². The van der Waals surface area contributed by atoms with Crippen LogP contribution < -0.4 is 16.0 Å². The van der Waals surface area contributed by atoms with E-state index in [1.165, 1.54) is 18.3 Å². The standard InChI is InChI=1S/C11H9Br2ClN4O2S/c12-6-3-10(11(17-15)16-5-6)21(19,20)18-9-4-7(14)1-2-8(9)13/h1-5,18H,15H2,(H,16,17). The van der Waals surface area contributed by atoms with E-state index in [-0.39, 0.29) is 10.7 Å². The van der Waals surface area contributed by atoms with Crippen LogP contribution in [0.4, 0.5) is 11.5 Å². The molecule has 0 saturated heterocycles. The highest BCUT2D eigenvalue weighted by molar-refractivity contribution is 9.10. The summed E-state index contributed by atoms with van der Waals surface area (Å²) >= 11 is 12.3. The number of rotatable bonds is 4. The first-order chi connectivity index (χ1) is 9.83. The molecule has 0 unspecified atom stereocenters. The molecule has 1 heterocycles. The Balaban J connectivity index is 2.48. The maximum atomic E-state index is 12.5. The van der Waals surface area contributed by atoms with Gasteiger partial charge in [-0.25, -0.2) is 19.2 Å². The Morgan fingerprint density at radius 3 is 2.62 bits per heavy atom. The summed E-state index contributed by atoms with van der Waals surface area (Å²) in [5, 5.41) is 0.403. The van der Waals surface area contributed by atoms with E-state index in [9.17, 15) is 8.42 Å². The van der Waals surface area contributed by atoms with E-state index in [2.05, 4.69) is 47.0 Å². The molecule has 0 spiro atoms. The lowest BCUT2D eigenvalue weighted by molar-refractivity contribution is 0.601. The van der Waals surface area contributed by atoms with Crippen molar-refractivity contribution in [2.45, 2.75) is 4.90 Å². The second-order valence-electron chi connectivity index (χ2n) is 3.87. The molecule has 6 nitrogen and oxygen atoms in total. The largest absolute Gasteiger partial charge is 0.307 e. The average Bonchev–Trinajstić information content (AvgIpc) is 2.42. The van der Waals surface area contributed by atoms with Gasteiger partial charge in [-0.1, -0.05) is 11.6 Å². The molecule has 1 aromatic carbocycles. The van der Waals surface area contributed by atoms with Crippen LogP contribution in [0.1, 0.15) is 0 Å². The van der Waals surface area contributed by atoms with Gasteiger partial charge in [-0.05, 0) is 56.1 Å². The fraction of sp³-hybridized carbons (Fsp3) is 0. The predicted molar refractivity (Wildman–Crippen MR) is 89.7 cm³/mol. The number of hydrazine groups is 1. The number of aromatic nitrogens is 1. The molecule has 0 aliphatic carbocycles. The number of halogens is 3. The Hall–Kier alpha value is -0.870. The average molecular weight is 457 g/mol. The Bertz CT molecular complexity index is 786. The number of benzene rings is 1. The van der Waals surface area contributed by atoms with Crippen molar-refractivity contribution in [3.8, 4) is 0 Å². The van der Waals surface area contributed by atoms with Crippen molar-refractivity contribution in [1.29, 1.82) is 0 Å². The second kappa shape index (κ2) is 6.49. The highest BCUT2D eigenvalue weighted by Gasteiger charge is 2.21. The summed E-state index contributed by atoms with van der Waals surface area (Å²) < 4.78 is 28.4. The molecule has 0 aliphatic rings. The van der Waals surface area contributed by atoms with Gasteiger partial charge in [0.2, 0.25) is 0 Å². The van der Waals surface area contributed by atoms with Crippen molar-refractivity contribution in [3.63, 3.8) is 0 Å². The summed E-state index contributed by atoms with van der Waals surface area (Å²) in [6.07, 6.45) is 1.43. The van der Waals surface area contributed by atoms with Crippen LogP contribution >= 0.6 is 43.5 Å². The van der Waals surface area contributed by atoms with E-state index in [0.717, 1.165) is 0 Å². The number of nitrogens with one attached hydrogen (secondary N) is 2. The zero-order valence-corrected chi connectivity index (χ0v) is 15.0. The molecule has 4 N–H and O–H groups in total. The molecule has 0 bridgehead atoms. The second-order valence-corrected chi connectivity index (χ2v) is 7.73. The lowest BCUT2D eigenvalue weighted by Gasteiger charge is -2.12. The normalized spacial score (nSPS) is 11.2. The van der Waals surface area contributed by atoms with Crippen molar-refractivity contribution in [2.75, 3.05) is 10.1 Å². The smallest absolute Gasteiger partial charge is 0.265 e. The predicted octanol–water partition coefficient (Wildman–Crippen LogP) is 3.35. The highest BCUT2D eigenvalue weighted by Crippen LogP contribution is 2.30. The lowest BCUT2D eigenvalue weighted by Crippen LogP contribution is -2.18. The fourth-order valence-electron chi connectivity index (χ4n) is 1.51. The van der Waals surface area contributed by atoms with Gasteiger partial charge in [-0.3, -0.25) is 4.72 Å². The molecular formula is C11H9Br2ClN4O2S. The third-order valence-corrected chi connectivity index (χ3v) is 5.16.